The van der Waals surface area contributed by atoms with Gasteiger partial charge in [0.2, 0.25) is 5.91 Å². The third-order valence-corrected chi connectivity index (χ3v) is 5.60. The average molecular weight is 393 g/mol. The predicted octanol–water partition coefficient (Wildman–Crippen LogP) is 3.51. The van der Waals surface area contributed by atoms with Crippen LogP contribution < -0.4 is 10.6 Å². The molecule has 1 heterocycles. The van der Waals surface area contributed by atoms with Gasteiger partial charge < -0.3 is 15.4 Å². The van der Waals surface area contributed by atoms with Crippen LogP contribution >= 0.6 is 11.8 Å². The molecule has 0 spiro atoms. The van der Waals surface area contributed by atoms with Crippen molar-refractivity contribution in [2.24, 2.45) is 0 Å². The van der Waals surface area contributed by atoms with Crippen molar-refractivity contribution in [1.29, 1.82) is 0 Å². The second-order valence-corrected chi connectivity index (χ2v) is 8.02. The number of hydrogen-bond donors (Lipinski definition) is 2. The Kier molecular flexibility index (Phi) is 8.64. The van der Waals surface area contributed by atoms with Crippen LogP contribution in [0.4, 0.5) is 5.69 Å². The minimum atomic E-state index is -0.548. The van der Waals surface area contributed by atoms with Crippen LogP contribution in [0.25, 0.3) is 0 Å². The lowest BCUT2D eigenvalue weighted by atomic mass is 10.1. The van der Waals surface area contributed by atoms with E-state index in [1.54, 1.807) is 0 Å². The summed E-state index contributed by atoms with van der Waals surface area (Å²) in [6.07, 6.45) is 5.47. The maximum Gasteiger partial charge on any atom is 0.307 e. The van der Waals surface area contributed by atoms with Gasteiger partial charge in [0.15, 0.2) is 6.61 Å². The largest absolute Gasteiger partial charge is 0.456 e. The van der Waals surface area contributed by atoms with E-state index in [0.717, 1.165) is 29.8 Å². The van der Waals surface area contributed by atoms with Gasteiger partial charge in [0.1, 0.15) is 0 Å². The van der Waals surface area contributed by atoms with Crippen molar-refractivity contribution in [2.45, 2.75) is 68.6 Å². The molecule has 0 unspecified atom stereocenters. The molecule has 2 atom stereocenters. The third-order valence-electron chi connectivity index (χ3n) is 4.32. The number of esters is 1. The maximum absolute atomic E-state index is 12.1. The minimum absolute atomic E-state index is 0.0595. The Morgan fingerprint density at radius 1 is 1.26 bits per heavy atom. The second kappa shape index (κ2) is 11.0. The Labute approximate surface area is 164 Å². The quantitative estimate of drug-likeness (QED) is 0.470. The second-order valence-electron chi connectivity index (χ2n) is 6.77. The fraction of sp³-hybridized carbons (Fsp3) is 0.550. The van der Waals surface area contributed by atoms with Crippen LogP contribution in [0.3, 0.4) is 0 Å². The molecule has 0 aliphatic carbocycles. The lowest BCUT2D eigenvalue weighted by Gasteiger charge is -2.23. The van der Waals surface area contributed by atoms with Gasteiger partial charge in [0.05, 0.1) is 17.4 Å². The first-order chi connectivity index (χ1) is 13.0. The molecule has 2 rings (SSSR count). The molecule has 1 aliphatic heterocycles. The van der Waals surface area contributed by atoms with Gasteiger partial charge in [0.25, 0.3) is 5.91 Å². The molecule has 1 aromatic carbocycles. The average Bonchev–Trinajstić information content (AvgIpc) is 2.64. The Morgan fingerprint density at radius 3 is 2.81 bits per heavy atom. The van der Waals surface area contributed by atoms with Crippen molar-refractivity contribution in [2.75, 3.05) is 11.9 Å². The van der Waals surface area contributed by atoms with Crippen LogP contribution in [-0.4, -0.2) is 35.7 Å². The fourth-order valence-corrected chi connectivity index (χ4v) is 3.94. The number of ether oxygens (including phenoxy) is 1. The number of unbranched alkanes of at least 4 members (excludes halogenated alkanes) is 3. The number of fused-ring (bicyclic) bond motifs is 1. The first-order valence-corrected chi connectivity index (χ1v) is 10.4. The van der Waals surface area contributed by atoms with E-state index in [-0.39, 0.29) is 30.9 Å². The zero-order valence-corrected chi connectivity index (χ0v) is 16.8. The molecule has 1 aliphatic rings. The van der Waals surface area contributed by atoms with Gasteiger partial charge in [-0.25, -0.2) is 0 Å². The number of para-hydroxylation sites is 1. The summed E-state index contributed by atoms with van der Waals surface area (Å²) in [6, 6.07) is 7.50. The summed E-state index contributed by atoms with van der Waals surface area (Å²) in [5.41, 5.74) is 0.754. The highest BCUT2D eigenvalue weighted by molar-refractivity contribution is 8.01. The number of nitrogens with one attached hydrogen (secondary N) is 2. The Morgan fingerprint density at radius 2 is 2.04 bits per heavy atom. The summed E-state index contributed by atoms with van der Waals surface area (Å²) in [7, 11) is 0. The van der Waals surface area contributed by atoms with Gasteiger partial charge >= 0.3 is 5.97 Å². The van der Waals surface area contributed by atoms with E-state index in [1.165, 1.54) is 24.6 Å². The Balaban J connectivity index is 1.68. The number of benzene rings is 1. The normalized spacial score (nSPS) is 16.8. The molecule has 0 bridgehead atoms. The summed E-state index contributed by atoms with van der Waals surface area (Å²) in [4.78, 5) is 36.9. The van der Waals surface area contributed by atoms with E-state index in [9.17, 15) is 14.4 Å². The number of rotatable bonds is 10. The van der Waals surface area contributed by atoms with Gasteiger partial charge in [-0.05, 0) is 25.5 Å². The van der Waals surface area contributed by atoms with Crippen molar-refractivity contribution in [3.8, 4) is 0 Å². The highest BCUT2D eigenvalue weighted by atomic mass is 32.2. The van der Waals surface area contributed by atoms with E-state index < -0.39 is 11.2 Å². The fourth-order valence-electron chi connectivity index (χ4n) is 2.85. The van der Waals surface area contributed by atoms with E-state index in [1.807, 2.05) is 31.2 Å². The van der Waals surface area contributed by atoms with Crippen molar-refractivity contribution in [1.82, 2.24) is 5.32 Å². The van der Waals surface area contributed by atoms with Crippen molar-refractivity contribution in [3.63, 3.8) is 0 Å². The molecular weight excluding hydrogens is 364 g/mol. The minimum Gasteiger partial charge on any atom is -0.456 e. The molecule has 0 fully saturated rings. The number of amides is 2. The zero-order valence-electron chi connectivity index (χ0n) is 16.0. The first-order valence-electron chi connectivity index (χ1n) is 9.51. The maximum atomic E-state index is 12.1. The van der Waals surface area contributed by atoms with Crippen molar-refractivity contribution >= 4 is 35.2 Å². The number of thioether (sulfide) groups is 1. The van der Waals surface area contributed by atoms with E-state index in [4.69, 9.17) is 4.74 Å². The molecule has 1 aromatic rings. The van der Waals surface area contributed by atoms with Crippen LogP contribution in [0.5, 0.6) is 0 Å². The lowest BCUT2D eigenvalue weighted by molar-refractivity contribution is -0.149. The monoisotopic (exact) mass is 392 g/mol. The molecule has 148 valence electrons. The Hall–Kier alpha value is -2.02. The standard InChI is InChI=1S/C20H28N2O4S/c1-3-4-5-6-9-14(2)21-18(23)13-26-19(24)12-17-20(25)22-15-10-7-8-11-16(15)27-17/h7-8,10-11,14,17H,3-6,9,12-13H2,1-2H3,(H,21,23)(H,22,25)/t14-,17-/m0/s1. The molecule has 0 aromatic heterocycles. The number of anilines is 1. The summed E-state index contributed by atoms with van der Waals surface area (Å²) < 4.78 is 5.04. The molecule has 0 saturated carbocycles. The molecule has 0 radical (unpaired) electrons. The predicted molar refractivity (Wildman–Crippen MR) is 107 cm³/mol. The Bertz CT molecular complexity index is 665. The van der Waals surface area contributed by atoms with E-state index in [2.05, 4.69) is 17.6 Å². The third kappa shape index (κ3) is 7.25. The first kappa shape index (κ1) is 21.3. The molecule has 7 heteroatoms. The molecule has 2 amide bonds. The van der Waals surface area contributed by atoms with Gasteiger partial charge in [-0.15, -0.1) is 11.8 Å². The number of carbonyl (C=O) groups is 3. The van der Waals surface area contributed by atoms with Crippen LogP contribution in [0.2, 0.25) is 0 Å². The lowest BCUT2D eigenvalue weighted by Crippen LogP contribution is -2.36. The molecule has 6 nitrogen and oxygen atoms in total. The summed E-state index contributed by atoms with van der Waals surface area (Å²) >= 11 is 1.34. The smallest absolute Gasteiger partial charge is 0.307 e. The summed E-state index contributed by atoms with van der Waals surface area (Å²) in [6.45, 7) is 3.80. The SMILES string of the molecule is CCCCCC[C@H](C)NC(=O)COC(=O)C[C@@H]1Sc2ccccc2NC1=O. The topological polar surface area (TPSA) is 84.5 Å². The summed E-state index contributed by atoms with van der Waals surface area (Å²) in [5.74, 6) is -1.08. The van der Waals surface area contributed by atoms with Gasteiger partial charge in [-0.2, -0.15) is 0 Å². The van der Waals surface area contributed by atoms with Crippen LogP contribution in [0.15, 0.2) is 29.2 Å². The highest BCUT2D eigenvalue weighted by Gasteiger charge is 2.29. The van der Waals surface area contributed by atoms with Gasteiger partial charge in [-0.1, -0.05) is 44.7 Å². The van der Waals surface area contributed by atoms with Crippen molar-refractivity contribution < 1.29 is 19.1 Å². The summed E-state index contributed by atoms with van der Waals surface area (Å²) in [5, 5.41) is 5.08. The van der Waals surface area contributed by atoms with Crippen LogP contribution in [-0.2, 0) is 19.1 Å². The molecule has 27 heavy (non-hydrogen) atoms. The molecule has 2 N–H and O–H groups in total. The molecule has 0 saturated heterocycles. The van der Waals surface area contributed by atoms with E-state index >= 15 is 0 Å². The van der Waals surface area contributed by atoms with Crippen LogP contribution in [0, 0.1) is 0 Å². The van der Waals surface area contributed by atoms with Gasteiger partial charge in [0, 0.05) is 10.9 Å². The highest BCUT2D eigenvalue weighted by Crippen LogP contribution is 2.36. The number of hydrogen-bond acceptors (Lipinski definition) is 5. The van der Waals surface area contributed by atoms with Crippen molar-refractivity contribution in [3.05, 3.63) is 24.3 Å². The van der Waals surface area contributed by atoms with Gasteiger partial charge in [-0.3, -0.25) is 14.4 Å². The zero-order chi connectivity index (χ0) is 19.6. The van der Waals surface area contributed by atoms with Crippen LogP contribution in [0.1, 0.15) is 52.4 Å². The van der Waals surface area contributed by atoms with E-state index in [0.29, 0.717) is 0 Å². The molecular formula is C20H28N2O4S. The number of carbonyl (C=O) groups excluding carboxylic acids is 3.